The van der Waals surface area contributed by atoms with Gasteiger partial charge in [0.1, 0.15) is 11.6 Å². The summed E-state index contributed by atoms with van der Waals surface area (Å²) in [4.78, 5) is 15.8. The lowest BCUT2D eigenvalue weighted by Gasteiger charge is -2.15. The van der Waals surface area contributed by atoms with Gasteiger partial charge in [0, 0.05) is 11.3 Å². The fourth-order valence-electron chi connectivity index (χ4n) is 2.35. The summed E-state index contributed by atoms with van der Waals surface area (Å²) in [6.07, 6.45) is 2.30. The van der Waals surface area contributed by atoms with Crippen molar-refractivity contribution in [3.8, 4) is 5.75 Å². The lowest BCUT2D eigenvalue weighted by atomic mass is 9.96. The van der Waals surface area contributed by atoms with Gasteiger partial charge in [-0.2, -0.15) is 0 Å². The zero-order valence-corrected chi connectivity index (χ0v) is 15.9. The first-order valence-electron chi connectivity index (χ1n) is 8.06. The number of H-pyrrole nitrogens is 1. The normalized spacial score (nSPS) is 11.8. The highest BCUT2D eigenvalue weighted by Gasteiger charge is 2.13. The van der Waals surface area contributed by atoms with Crippen molar-refractivity contribution in [2.45, 2.75) is 45.2 Å². The maximum absolute atomic E-state index is 11.5. The van der Waals surface area contributed by atoms with E-state index >= 15 is 0 Å². The van der Waals surface area contributed by atoms with E-state index in [-0.39, 0.29) is 10.8 Å². The Morgan fingerprint density at radius 1 is 1.44 bits per heavy atom. The molecule has 0 amide bonds. The van der Waals surface area contributed by atoms with Crippen LogP contribution in [-0.4, -0.2) is 28.3 Å². The summed E-state index contributed by atoms with van der Waals surface area (Å²) in [6, 6.07) is 3.87. The number of hydrogen-bond acceptors (Lipinski definition) is 6. The van der Waals surface area contributed by atoms with Crippen LogP contribution in [0.2, 0.25) is 0 Å². The van der Waals surface area contributed by atoms with E-state index in [1.54, 1.807) is 13.2 Å². The average Bonchev–Trinajstić information content (AvgIpc) is 3.02. The first-order chi connectivity index (χ1) is 11.8. The zero-order valence-electron chi connectivity index (χ0n) is 15.0. The van der Waals surface area contributed by atoms with E-state index in [1.165, 1.54) is 0 Å². The first-order valence-corrected chi connectivity index (χ1v) is 8.88. The molecule has 0 bridgehead atoms. The van der Waals surface area contributed by atoms with Crippen LogP contribution < -0.4 is 9.84 Å². The standard InChI is InChI=1S/C18H23N3O3S/c1-6-16-19-18(21-20-16)25-15(17(22)23)9-12-8-13(10(2)3)14(24-5)7-11(12)4/h7-10H,6H2,1-5H3,(H,22,23)(H,19,20,21)/p-1/b15-9-. The molecule has 134 valence electrons. The van der Waals surface area contributed by atoms with Crippen molar-refractivity contribution in [2.75, 3.05) is 7.11 Å². The number of hydrogen-bond donors (Lipinski definition) is 1. The minimum Gasteiger partial charge on any atom is -0.544 e. The van der Waals surface area contributed by atoms with Crippen LogP contribution >= 0.6 is 11.8 Å². The van der Waals surface area contributed by atoms with Crippen molar-refractivity contribution < 1.29 is 14.6 Å². The Morgan fingerprint density at radius 2 is 2.16 bits per heavy atom. The molecule has 0 saturated carbocycles. The number of carboxylic acid groups (broad SMARTS) is 1. The highest BCUT2D eigenvalue weighted by molar-refractivity contribution is 8.04. The highest BCUT2D eigenvalue weighted by Crippen LogP contribution is 2.32. The second-order valence-corrected chi connectivity index (χ2v) is 6.93. The monoisotopic (exact) mass is 360 g/mol. The predicted octanol–water partition coefficient (Wildman–Crippen LogP) is 2.69. The van der Waals surface area contributed by atoms with Gasteiger partial charge in [-0.25, -0.2) is 4.98 Å². The number of carbonyl (C=O) groups excluding carboxylic acids is 1. The Balaban J connectivity index is 2.42. The number of carbonyl (C=O) groups is 1. The molecule has 6 nitrogen and oxygen atoms in total. The van der Waals surface area contributed by atoms with Gasteiger partial charge in [0.15, 0.2) is 0 Å². The van der Waals surface area contributed by atoms with E-state index in [9.17, 15) is 9.90 Å². The molecular formula is C18H22N3O3S-. The summed E-state index contributed by atoms with van der Waals surface area (Å²) in [5.41, 5.74) is 2.75. The Morgan fingerprint density at radius 3 is 2.68 bits per heavy atom. The van der Waals surface area contributed by atoms with E-state index in [2.05, 4.69) is 29.0 Å². The number of carboxylic acids is 1. The molecule has 0 aliphatic carbocycles. The fourth-order valence-corrected chi connectivity index (χ4v) is 3.06. The molecule has 0 aliphatic heterocycles. The molecule has 1 aromatic heterocycles. The number of nitrogens with one attached hydrogen (secondary N) is 1. The van der Waals surface area contributed by atoms with Gasteiger partial charge in [0.05, 0.1) is 13.1 Å². The lowest BCUT2D eigenvalue weighted by Crippen LogP contribution is -2.23. The van der Waals surface area contributed by atoms with Crippen molar-refractivity contribution in [3.63, 3.8) is 0 Å². The van der Waals surface area contributed by atoms with Crippen molar-refractivity contribution in [2.24, 2.45) is 0 Å². The summed E-state index contributed by atoms with van der Waals surface area (Å²) in [5.74, 6) is 0.507. The van der Waals surface area contributed by atoms with E-state index in [1.807, 2.05) is 26.0 Å². The van der Waals surface area contributed by atoms with Crippen LogP contribution in [0.5, 0.6) is 5.75 Å². The van der Waals surface area contributed by atoms with Crippen molar-refractivity contribution >= 4 is 23.8 Å². The molecule has 0 spiro atoms. The van der Waals surface area contributed by atoms with Crippen molar-refractivity contribution in [1.82, 2.24) is 15.2 Å². The largest absolute Gasteiger partial charge is 0.544 e. The molecule has 1 aromatic carbocycles. The molecule has 2 rings (SSSR count). The van der Waals surface area contributed by atoms with Gasteiger partial charge in [-0.05, 0) is 59.5 Å². The number of aliphatic carboxylic acids is 1. The zero-order chi connectivity index (χ0) is 18.6. The van der Waals surface area contributed by atoms with Gasteiger partial charge in [-0.15, -0.1) is 5.10 Å². The number of aromatic amines is 1. The lowest BCUT2D eigenvalue weighted by molar-refractivity contribution is -0.297. The summed E-state index contributed by atoms with van der Waals surface area (Å²) >= 11 is 0.975. The average molecular weight is 360 g/mol. The van der Waals surface area contributed by atoms with E-state index < -0.39 is 5.97 Å². The van der Waals surface area contributed by atoms with Gasteiger partial charge >= 0.3 is 0 Å². The van der Waals surface area contributed by atoms with Crippen LogP contribution in [0.15, 0.2) is 22.2 Å². The van der Waals surface area contributed by atoms with Crippen LogP contribution in [0.3, 0.4) is 0 Å². The quantitative estimate of drug-likeness (QED) is 0.603. The number of rotatable bonds is 7. The Labute approximate surface area is 151 Å². The van der Waals surface area contributed by atoms with E-state index in [0.29, 0.717) is 17.4 Å². The highest BCUT2D eigenvalue weighted by atomic mass is 32.2. The molecule has 7 heteroatoms. The number of aromatic nitrogens is 3. The Bertz CT molecular complexity index is 797. The van der Waals surface area contributed by atoms with Crippen LogP contribution in [0.25, 0.3) is 6.08 Å². The topological polar surface area (TPSA) is 90.9 Å². The fraction of sp³-hybridized carbons (Fsp3) is 0.389. The molecule has 1 N–H and O–H groups in total. The minimum absolute atomic E-state index is 0.0598. The molecule has 2 aromatic rings. The van der Waals surface area contributed by atoms with Crippen LogP contribution in [0, 0.1) is 6.92 Å². The molecule has 0 fully saturated rings. The summed E-state index contributed by atoms with van der Waals surface area (Å²) in [6.45, 7) is 7.99. The molecule has 0 saturated heterocycles. The van der Waals surface area contributed by atoms with Crippen LogP contribution in [0.4, 0.5) is 0 Å². The van der Waals surface area contributed by atoms with Gasteiger partial charge in [-0.1, -0.05) is 20.8 Å². The maximum atomic E-state index is 11.5. The maximum Gasteiger partial charge on any atom is 0.213 e. The third-order valence-corrected chi connectivity index (χ3v) is 4.65. The van der Waals surface area contributed by atoms with Crippen LogP contribution in [-0.2, 0) is 11.2 Å². The van der Waals surface area contributed by atoms with Crippen LogP contribution in [0.1, 0.15) is 49.2 Å². The van der Waals surface area contributed by atoms with E-state index in [4.69, 9.17) is 4.74 Å². The molecule has 1 heterocycles. The molecular weight excluding hydrogens is 338 g/mol. The molecule has 0 radical (unpaired) electrons. The number of aryl methyl sites for hydroxylation is 2. The number of benzene rings is 1. The van der Waals surface area contributed by atoms with Gasteiger partial charge in [-0.3, -0.25) is 5.10 Å². The molecule has 0 unspecified atom stereocenters. The summed E-state index contributed by atoms with van der Waals surface area (Å²) in [5, 5.41) is 18.7. The minimum atomic E-state index is -1.26. The second kappa shape index (κ2) is 8.20. The first kappa shape index (κ1) is 19.1. The van der Waals surface area contributed by atoms with Gasteiger partial charge in [0.25, 0.3) is 0 Å². The smallest absolute Gasteiger partial charge is 0.213 e. The summed E-state index contributed by atoms with van der Waals surface area (Å²) in [7, 11) is 1.63. The Kier molecular flexibility index (Phi) is 6.25. The number of nitrogens with zero attached hydrogens (tertiary/aromatic N) is 2. The predicted molar refractivity (Wildman–Crippen MR) is 96.4 cm³/mol. The molecule has 0 atom stereocenters. The van der Waals surface area contributed by atoms with E-state index in [0.717, 1.165) is 34.2 Å². The summed E-state index contributed by atoms with van der Waals surface area (Å²) < 4.78 is 5.43. The molecule has 0 aliphatic rings. The molecule has 25 heavy (non-hydrogen) atoms. The Hall–Kier alpha value is -2.28. The van der Waals surface area contributed by atoms with Gasteiger partial charge in [0.2, 0.25) is 5.16 Å². The van der Waals surface area contributed by atoms with Crippen molar-refractivity contribution in [1.29, 1.82) is 0 Å². The third kappa shape index (κ3) is 4.63. The van der Waals surface area contributed by atoms with Gasteiger partial charge < -0.3 is 14.6 Å². The number of ether oxygens (including phenoxy) is 1. The SMILES string of the molecule is CCc1nc(S/C(=C\c2cc(C(C)C)c(OC)cc2C)C(=O)[O-])n[nH]1. The van der Waals surface area contributed by atoms with Crippen molar-refractivity contribution in [3.05, 3.63) is 39.6 Å². The number of methoxy groups -OCH3 is 1. The number of thioether (sulfide) groups is 1. The second-order valence-electron chi connectivity index (χ2n) is 5.92. The third-order valence-electron chi connectivity index (χ3n) is 3.78.